The van der Waals surface area contributed by atoms with E-state index in [1.165, 1.54) is 0 Å². The van der Waals surface area contributed by atoms with Crippen LogP contribution < -0.4 is 5.32 Å². The maximum Gasteiger partial charge on any atom is 0.287 e. The third kappa shape index (κ3) is 2.76. The highest BCUT2D eigenvalue weighted by Crippen LogP contribution is 2.14. The maximum absolute atomic E-state index is 11.6. The molecule has 0 unspecified atom stereocenters. The highest BCUT2D eigenvalue weighted by molar-refractivity contribution is 9.10. The van der Waals surface area contributed by atoms with Gasteiger partial charge in [-0.25, -0.2) is 4.98 Å². The molecule has 1 N–H and O–H groups in total. The largest absolute Gasteiger partial charge is 0.444 e. The Bertz CT molecular complexity index is 525. The molecule has 17 heavy (non-hydrogen) atoms. The zero-order valence-corrected chi connectivity index (χ0v) is 11.0. The molecule has 0 aliphatic heterocycles. The summed E-state index contributed by atoms with van der Waals surface area (Å²) in [6.07, 6.45) is 0. The summed E-state index contributed by atoms with van der Waals surface area (Å²) in [6, 6.07) is 3.25. The number of nitrogens with one attached hydrogen (secondary N) is 1. The number of hydrogen-bond donors (Lipinski definition) is 1. The van der Waals surface area contributed by atoms with E-state index in [9.17, 15) is 4.79 Å². The fraction of sp³-hybridized carbons (Fsp3) is 0.273. The van der Waals surface area contributed by atoms with Crippen molar-refractivity contribution < 1.29 is 13.6 Å². The first kappa shape index (κ1) is 11.9. The van der Waals surface area contributed by atoms with E-state index in [-0.39, 0.29) is 18.2 Å². The number of rotatable bonds is 3. The summed E-state index contributed by atoms with van der Waals surface area (Å²) < 4.78 is 11.0. The van der Waals surface area contributed by atoms with Crippen LogP contribution in [0.15, 0.2) is 25.6 Å². The predicted octanol–water partition coefficient (Wildman–Crippen LogP) is 2.58. The Morgan fingerprint density at radius 3 is 2.71 bits per heavy atom. The second-order valence-corrected chi connectivity index (χ2v) is 4.32. The van der Waals surface area contributed by atoms with Crippen LogP contribution in [-0.2, 0) is 6.54 Å². The van der Waals surface area contributed by atoms with Gasteiger partial charge in [0.25, 0.3) is 5.91 Å². The van der Waals surface area contributed by atoms with E-state index in [1.807, 2.05) is 13.8 Å². The lowest BCUT2D eigenvalue weighted by atomic mass is 10.4. The Balaban J connectivity index is 1.96. The Morgan fingerprint density at radius 2 is 2.18 bits per heavy atom. The summed E-state index contributed by atoms with van der Waals surface area (Å²) in [5.41, 5.74) is 0.829. The third-order valence-electron chi connectivity index (χ3n) is 2.27. The Morgan fingerprint density at radius 1 is 1.41 bits per heavy atom. The minimum absolute atomic E-state index is 0.242. The van der Waals surface area contributed by atoms with Crippen LogP contribution in [0.1, 0.15) is 27.9 Å². The first-order valence-corrected chi connectivity index (χ1v) is 5.82. The normalized spacial score (nSPS) is 10.5. The van der Waals surface area contributed by atoms with Gasteiger partial charge in [0.15, 0.2) is 10.4 Å². The van der Waals surface area contributed by atoms with Crippen LogP contribution in [-0.4, -0.2) is 10.9 Å². The molecule has 0 radical (unpaired) electrons. The van der Waals surface area contributed by atoms with Crippen molar-refractivity contribution in [3.05, 3.63) is 39.9 Å². The number of carbonyl (C=O) groups excluding carboxylic acids is 1. The Kier molecular flexibility index (Phi) is 3.33. The molecule has 0 saturated carbocycles. The SMILES string of the molecule is Cc1nc(CNC(=O)c2ccc(Br)o2)oc1C. The molecule has 6 heteroatoms. The standard InChI is InChI=1S/C11H11BrN2O3/c1-6-7(2)16-10(14-6)5-13-11(15)8-3-4-9(12)17-8/h3-4H,5H2,1-2H3,(H,13,15). The first-order valence-electron chi connectivity index (χ1n) is 5.02. The molecule has 2 heterocycles. The number of hydrogen-bond acceptors (Lipinski definition) is 4. The average molecular weight is 299 g/mol. The number of oxazole rings is 1. The van der Waals surface area contributed by atoms with Crippen molar-refractivity contribution >= 4 is 21.8 Å². The molecular formula is C11H11BrN2O3. The lowest BCUT2D eigenvalue weighted by molar-refractivity contribution is 0.0918. The van der Waals surface area contributed by atoms with Gasteiger partial charge in [-0.05, 0) is 41.9 Å². The van der Waals surface area contributed by atoms with Gasteiger partial charge in [0, 0.05) is 0 Å². The Labute approximate surface area is 106 Å². The van der Waals surface area contributed by atoms with Gasteiger partial charge in [0.1, 0.15) is 5.76 Å². The van der Waals surface area contributed by atoms with Gasteiger partial charge in [-0.3, -0.25) is 4.79 Å². The van der Waals surface area contributed by atoms with E-state index in [4.69, 9.17) is 8.83 Å². The van der Waals surface area contributed by atoms with E-state index >= 15 is 0 Å². The van der Waals surface area contributed by atoms with Gasteiger partial charge in [-0.1, -0.05) is 0 Å². The van der Waals surface area contributed by atoms with Crippen LogP contribution in [0.25, 0.3) is 0 Å². The van der Waals surface area contributed by atoms with Crippen LogP contribution in [0.3, 0.4) is 0 Å². The highest BCUT2D eigenvalue weighted by Gasteiger charge is 2.12. The molecule has 0 spiro atoms. The maximum atomic E-state index is 11.6. The number of nitrogens with zero attached hydrogens (tertiary/aromatic N) is 1. The lowest BCUT2D eigenvalue weighted by Crippen LogP contribution is -2.22. The molecule has 5 nitrogen and oxygen atoms in total. The number of aromatic nitrogens is 1. The van der Waals surface area contributed by atoms with Crippen LogP contribution in [0.5, 0.6) is 0 Å². The van der Waals surface area contributed by atoms with Crippen LogP contribution in [0.4, 0.5) is 0 Å². The number of halogens is 1. The van der Waals surface area contributed by atoms with Crippen molar-refractivity contribution in [3.8, 4) is 0 Å². The molecule has 90 valence electrons. The van der Waals surface area contributed by atoms with E-state index in [2.05, 4.69) is 26.2 Å². The number of furan rings is 1. The van der Waals surface area contributed by atoms with Crippen molar-refractivity contribution in [1.82, 2.24) is 10.3 Å². The molecule has 0 atom stereocenters. The minimum atomic E-state index is -0.302. The van der Waals surface area contributed by atoms with Gasteiger partial charge in [-0.2, -0.15) is 0 Å². The van der Waals surface area contributed by atoms with Gasteiger partial charge in [0.05, 0.1) is 12.2 Å². The molecule has 0 bridgehead atoms. The van der Waals surface area contributed by atoms with Crippen molar-refractivity contribution in [2.75, 3.05) is 0 Å². The summed E-state index contributed by atoms with van der Waals surface area (Å²) >= 11 is 3.13. The molecule has 1 amide bonds. The van der Waals surface area contributed by atoms with Crippen LogP contribution in [0, 0.1) is 13.8 Å². The topological polar surface area (TPSA) is 68.3 Å². The van der Waals surface area contributed by atoms with E-state index < -0.39 is 0 Å². The second kappa shape index (κ2) is 4.75. The molecule has 0 fully saturated rings. The zero-order valence-electron chi connectivity index (χ0n) is 9.41. The summed E-state index contributed by atoms with van der Waals surface area (Å²) in [5.74, 6) is 1.19. The third-order valence-corrected chi connectivity index (χ3v) is 2.70. The summed E-state index contributed by atoms with van der Waals surface area (Å²) in [5, 5.41) is 2.66. The summed E-state index contributed by atoms with van der Waals surface area (Å²) in [7, 11) is 0. The van der Waals surface area contributed by atoms with Crippen LogP contribution in [0.2, 0.25) is 0 Å². The van der Waals surface area contributed by atoms with E-state index in [0.29, 0.717) is 10.6 Å². The number of aryl methyl sites for hydroxylation is 2. The van der Waals surface area contributed by atoms with Crippen molar-refractivity contribution in [2.45, 2.75) is 20.4 Å². The van der Waals surface area contributed by atoms with E-state index in [1.54, 1.807) is 12.1 Å². The fourth-order valence-corrected chi connectivity index (χ4v) is 1.60. The fourth-order valence-electron chi connectivity index (χ4n) is 1.29. The second-order valence-electron chi connectivity index (χ2n) is 3.54. The minimum Gasteiger partial charge on any atom is -0.444 e. The van der Waals surface area contributed by atoms with Gasteiger partial charge >= 0.3 is 0 Å². The van der Waals surface area contributed by atoms with E-state index in [0.717, 1.165) is 11.5 Å². The van der Waals surface area contributed by atoms with Crippen molar-refractivity contribution in [1.29, 1.82) is 0 Å². The summed E-state index contributed by atoms with van der Waals surface area (Å²) in [6.45, 7) is 3.93. The quantitative estimate of drug-likeness (QED) is 0.945. The lowest BCUT2D eigenvalue weighted by Gasteiger charge is -1.98. The molecule has 0 aromatic carbocycles. The molecule has 2 rings (SSSR count). The zero-order chi connectivity index (χ0) is 12.4. The van der Waals surface area contributed by atoms with Gasteiger partial charge in [-0.15, -0.1) is 0 Å². The predicted molar refractivity (Wildman–Crippen MR) is 63.6 cm³/mol. The molecule has 0 saturated heterocycles. The highest BCUT2D eigenvalue weighted by atomic mass is 79.9. The van der Waals surface area contributed by atoms with Crippen molar-refractivity contribution in [2.24, 2.45) is 0 Å². The average Bonchev–Trinajstić information content (AvgIpc) is 2.83. The Hall–Kier alpha value is -1.56. The molecule has 2 aromatic heterocycles. The smallest absolute Gasteiger partial charge is 0.287 e. The van der Waals surface area contributed by atoms with Gasteiger partial charge in [0.2, 0.25) is 5.89 Å². The molecular weight excluding hydrogens is 288 g/mol. The van der Waals surface area contributed by atoms with Gasteiger partial charge < -0.3 is 14.2 Å². The van der Waals surface area contributed by atoms with Crippen molar-refractivity contribution in [3.63, 3.8) is 0 Å². The molecule has 2 aromatic rings. The number of amides is 1. The summed E-state index contributed by atoms with van der Waals surface area (Å²) in [4.78, 5) is 15.8. The molecule has 0 aliphatic rings. The number of carbonyl (C=O) groups is 1. The monoisotopic (exact) mass is 298 g/mol. The molecule has 0 aliphatic carbocycles. The first-order chi connectivity index (χ1) is 8.06. The van der Waals surface area contributed by atoms with Crippen LogP contribution >= 0.6 is 15.9 Å².